The van der Waals surface area contributed by atoms with Crippen molar-refractivity contribution in [3.05, 3.63) is 34.4 Å². The van der Waals surface area contributed by atoms with E-state index in [0.29, 0.717) is 0 Å². The summed E-state index contributed by atoms with van der Waals surface area (Å²) >= 11 is 0. The summed E-state index contributed by atoms with van der Waals surface area (Å²) in [7, 11) is 0. The van der Waals surface area contributed by atoms with E-state index in [4.69, 9.17) is 4.74 Å². The van der Waals surface area contributed by atoms with Crippen molar-refractivity contribution in [3.63, 3.8) is 0 Å². The molecule has 1 amide bonds. The Balaban J connectivity index is 1.98. The predicted octanol–water partition coefficient (Wildman–Crippen LogP) is 2.42. The third-order valence-electron chi connectivity index (χ3n) is 3.44. The van der Waals surface area contributed by atoms with Gasteiger partial charge in [-0.1, -0.05) is 25.0 Å². The summed E-state index contributed by atoms with van der Waals surface area (Å²) in [5.41, 5.74) is -0.131. The van der Waals surface area contributed by atoms with E-state index in [1.54, 1.807) is 19.1 Å². The quantitative estimate of drug-likeness (QED) is 0.662. The van der Waals surface area contributed by atoms with Crippen LogP contribution in [0.15, 0.2) is 24.3 Å². The molecule has 6 nitrogen and oxygen atoms in total. The van der Waals surface area contributed by atoms with Crippen LogP contribution >= 0.6 is 0 Å². The average Bonchev–Trinajstić information content (AvgIpc) is 2.91. The highest BCUT2D eigenvalue weighted by molar-refractivity contribution is 5.81. The minimum atomic E-state index is -0.753. The first-order valence-electron chi connectivity index (χ1n) is 6.78. The van der Waals surface area contributed by atoms with Crippen LogP contribution in [-0.4, -0.2) is 23.0 Å². The molecule has 0 aliphatic heterocycles. The Bertz CT molecular complexity index is 498. The summed E-state index contributed by atoms with van der Waals surface area (Å²) in [6, 6.07) is 6.27. The minimum Gasteiger partial charge on any atom is -0.474 e. The second-order valence-electron chi connectivity index (χ2n) is 4.97. The van der Waals surface area contributed by atoms with E-state index in [0.717, 1.165) is 25.7 Å². The fourth-order valence-electron chi connectivity index (χ4n) is 2.34. The second-order valence-corrected chi connectivity index (χ2v) is 4.97. The van der Waals surface area contributed by atoms with Crippen LogP contribution in [0.4, 0.5) is 5.69 Å². The predicted molar refractivity (Wildman–Crippen MR) is 73.6 cm³/mol. The zero-order valence-corrected chi connectivity index (χ0v) is 11.4. The van der Waals surface area contributed by atoms with E-state index in [9.17, 15) is 14.9 Å². The van der Waals surface area contributed by atoms with Gasteiger partial charge in [-0.2, -0.15) is 0 Å². The molecular formula is C14H18N2O4. The summed E-state index contributed by atoms with van der Waals surface area (Å²) in [5.74, 6) is -0.110. The fourth-order valence-corrected chi connectivity index (χ4v) is 2.34. The number of carbonyl (C=O) groups is 1. The standard InChI is InChI=1S/C14H18N2O4/c1-10(14(17)15-11-6-2-3-7-11)20-13-9-5-4-8-12(13)16(18)19/h4-5,8-11H,2-3,6-7H2,1H3,(H,15,17)/t10-/m1/s1. The van der Waals surface area contributed by atoms with Crippen molar-refractivity contribution >= 4 is 11.6 Å². The van der Waals surface area contributed by atoms with Crippen molar-refractivity contribution in [1.29, 1.82) is 0 Å². The number of amides is 1. The molecule has 0 spiro atoms. The first-order valence-corrected chi connectivity index (χ1v) is 6.78. The zero-order chi connectivity index (χ0) is 14.5. The van der Waals surface area contributed by atoms with Gasteiger partial charge in [0, 0.05) is 12.1 Å². The Morgan fingerprint density at radius 3 is 2.70 bits per heavy atom. The molecule has 1 N–H and O–H groups in total. The summed E-state index contributed by atoms with van der Waals surface area (Å²) in [6.45, 7) is 1.60. The molecule has 6 heteroatoms. The lowest BCUT2D eigenvalue weighted by Gasteiger charge is -2.17. The summed E-state index contributed by atoms with van der Waals surface area (Å²) in [4.78, 5) is 22.3. The van der Waals surface area contributed by atoms with Gasteiger partial charge in [-0.05, 0) is 25.8 Å². The Hall–Kier alpha value is -2.11. The van der Waals surface area contributed by atoms with Gasteiger partial charge in [0.2, 0.25) is 0 Å². The highest BCUT2D eigenvalue weighted by Gasteiger charge is 2.23. The highest BCUT2D eigenvalue weighted by atomic mass is 16.6. The van der Waals surface area contributed by atoms with Gasteiger partial charge in [0.25, 0.3) is 5.91 Å². The molecule has 0 radical (unpaired) electrons. The average molecular weight is 278 g/mol. The number of ether oxygens (including phenoxy) is 1. The third-order valence-corrected chi connectivity index (χ3v) is 3.44. The number of nitro benzene ring substituents is 1. The number of hydrogen-bond acceptors (Lipinski definition) is 4. The van der Waals surface area contributed by atoms with Crippen LogP contribution in [0.25, 0.3) is 0 Å². The van der Waals surface area contributed by atoms with Crippen LogP contribution in [0.2, 0.25) is 0 Å². The molecule has 1 aliphatic rings. The second kappa shape index (κ2) is 6.36. The number of hydrogen-bond donors (Lipinski definition) is 1. The Kier molecular flexibility index (Phi) is 4.55. The van der Waals surface area contributed by atoms with E-state index in [1.165, 1.54) is 12.1 Å². The molecule has 2 rings (SSSR count). The van der Waals surface area contributed by atoms with Gasteiger partial charge >= 0.3 is 5.69 Å². The monoisotopic (exact) mass is 278 g/mol. The van der Waals surface area contributed by atoms with Crippen LogP contribution in [0, 0.1) is 10.1 Å². The molecule has 0 saturated heterocycles. The van der Waals surface area contributed by atoms with Crippen molar-refractivity contribution in [1.82, 2.24) is 5.32 Å². The van der Waals surface area contributed by atoms with Crippen LogP contribution in [0.1, 0.15) is 32.6 Å². The molecular weight excluding hydrogens is 260 g/mol. The summed E-state index contributed by atoms with van der Waals surface area (Å²) in [6.07, 6.45) is 3.49. The lowest BCUT2D eigenvalue weighted by Crippen LogP contribution is -2.41. The van der Waals surface area contributed by atoms with E-state index in [2.05, 4.69) is 5.32 Å². The van der Waals surface area contributed by atoms with Gasteiger partial charge in [0.15, 0.2) is 11.9 Å². The van der Waals surface area contributed by atoms with Gasteiger partial charge in [0.05, 0.1) is 4.92 Å². The molecule has 0 unspecified atom stereocenters. The fraction of sp³-hybridized carbons (Fsp3) is 0.500. The number of rotatable bonds is 5. The van der Waals surface area contributed by atoms with Crippen LogP contribution in [-0.2, 0) is 4.79 Å². The molecule has 0 aromatic heterocycles. The summed E-state index contributed by atoms with van der Waals surface area (Å²) in [5, 5.41) is 13.8. The molecule has 1 atom stereocenters. The van der Waals surface area contributed by atoms with Gasteiger partial charge in [-0.25, -0.2) is 0 Å². The normalized spacial score (nSPS) is 16.6. The lowest BCUT2D eigenvalue weighted by molar-refractivity contribution is -0.386. The third kappa shape index (κ3) is 3.46. The Morgan fingerprint density at radius 1 is 1.40 bits per heavy atom. The summed E-state index contributed by atoms with van der Waals surface area (Å²) < 4.78 is 5.43. The van der Waals surface area contributed by atoms with Crippen molar-refractivity contribution in [2.24, 2.45) is 0 Å². The molecule has 1 aromatic carbocycles. The molecule has 0 bridgehead atoms. The smallest absolute Gasteiger partial charge is 0.310 e. The van der Waals surface area contributed by atoms with Gasteiger partial charge in [-0.3, -0.25) is 14.9 Å². The molecule has 1 fully saturated rings. The number of nitrogens with one attached hydrogen (secondary N) is 1. The zero-order valence-electron chi connectivity index (χ0n) is 11.4. The molecule has 108 valence electrons. The van der Waals surface area contributed by atoms with Crippen molar-refractivity contribution in [2.75, 3.05) is 0 Å². The van der Waals surface area contributed by atoms with E-state index in [-0.39, 0.29) is 23.4 Å². The molecule has 1 saturated carbocycles. The molecule has 0 heterocycles. The Labute approximate surface area is 117 Å². The SMILES string of the molecule is C[C@@H](Oc1ccccc1[N+](=O)[O-])C(=O)NC1CCCC1. The lowest BCUT2D eigenvalue weighted by atomic mass is 10.2. The van der Waals surface area contributed by atoms with E-state index < -0.39 is 11.0 Å². The van der Waals surface area contributed by atoms with Crippen molar-refractivity contribution in [2.45, 2.75) is 44.8 Å². The largest absolute Gasteiger partial charge is 0.474 e. The first-order chi connectivity index (χ1) is 9.58. The molecule has 1 aromatic rings. The van der Waals surface area contributed by atoms with Gasteiger partial charge < -0.3 is 10.1 Å². The van der Waals surface area contributed by atoms with Crippen LogP contribution in [0.3, 0.4) is 0 Å². The van der Waals surface area contributed by atoms with Crippen molar-refractivity contribution < 1.29 is 14.5 Å². The maximum absolute atomic E-state index is 12.0. The van der Waals surface area contributed by atoms with Crippen LogP contribution < -0.4 is 10.1 Å². The molecule has 1 aliphatic carbocycles. The van der Waals surface area contributed by atoms with E-state index >= 15 is 0 Å². The number of benzene rings is 1. The molecule has 20 heavy (non-hydrogen) atoms. The number of nitro groups is 1. The van der Waals surface area contributed by atoms with Gasteiger partial charge in [-0.15, -0.1) is 0 Å². The minimum absolute atomic E-state index is 0.117. The maximum Gasteiger partial charge on any atom is 0.310 e. The number of carbonyl (C=O) groups excluding carboxylic acids is 1. The van der Waals surface area contributed by atoms with Gasteiger partial charge in [0.1, 0.15) is 0 Å². The van der Waals surface area contributed by atoms with E-state index in [1.807, 2.05) is 0 Å². The van der Waals surface area contributed by atoms with Crippen LogP contribution in [0.5, 0.6) is 5.75 Å². The number of para-hydroxylation sites is 2. The highest BCUT2D eigenvalue weighted by Crippen LogP contribution is 2.27. The maximum atomic E-state index is 12.0. The topological polar surface area (TPSA) is 81.5 Å². The Morgan fingerprint density at radius 2 is 2.05 bits per heavy atom. The number of nitrogens with zero attached hydrogens (tertiary/aromatic N) is 1. The van der Waals surface area contributed by atoms with Crippen molar-refractivity contribution in [3.8, 4) is 5.75 Å². The first kappa shape index (κ1) is 14.3.